The Labute approximate surface area is 87.4 Å². The van der Waals surface area contributed by atoms with Crippen LogP contribution in [0, 0.1) is 0 Å². The molecule has 1 amide bonds. The van der Waals surface area contributed by atoms with Crippen molar-refractivity contribution in [2.45, 2.75) is 0 Å². The van der Waals surface area contributed by atoms with Crippen LogP contribution in [0.1, 0.15) is 0 Å². The van der Waals surface area contributed by atoms with Crippen LogP contribution in [0.5, 0.6) is 0 Å². The van der Waals surface area contributed by atoms with Gasteiger partial charge in [-0.2, -0.15) is 0 Å². The molecule has 15 heavy (non-hydrogen) atoms. The number of carbonyl (C=O) groups is 2. The van der Waals surface area contributed by atoms with Gasteiger partial charge in [0.15, 0.2) is 0 Å². The summed E-state index contributed by atoms with van der Waals surface area (Å²) < 4.78 is 14.1. The van der Waals surface area contributed by atoms with Crippen molar-refractivity contribution in [3.8, 4) is 0 Å². The first kappa shape index (κ1) is 11.5. The Morgan fingerprint density at radius 2 is 2.00 bits per heavy atom. The zero-order chi connectivity index (χ0) is 11.1. The molecule has 6 heteroatoms. The van der Waals surface area contributed by atoms with Crippen LogP contribution in [0.4, 0.5) is 4.79 Å². The molecule has 1 aliphatic rings. The molecular formula is C9H13NO5. The number of rotatable bonds is 2. The summed E-state index contributed by atoms with van der Waals surface area (Å²) in [4.78, 5) is 23.5. The topological polar surface area (TPSA) is 65.1 Å². The third-order valence-corrected chi connectivity index (χ3v) is 1.84. The molecule has 84 valence electrons. The Hall–Kier alpha value is -1.56. The predicted molar refractivity (Wildman–Crippen MR) is 50.0 cm³/mol. The lowest BCUT2D eigenvalue weighted by molar-refractivity contribution is -0.134. The summed E-state index contributed by atoms with van der Waals surface area (Å²) in [6.45, 7) is 2.03. The Balaban J connectivity index is 2.28. The molecule has 0 unspecified atom stereocenters. The van der Waals surface area contributed by atoms with E-state index in [-0.39, 0.29) is 0 Å². The number of hydrogen-bond acceptors (Lipinski definition) is 5. The number of methoxy groups -OCH3 is 1. The first-order chi connectivity index (χ1) is 7.24. The van der Waals surface area contributed by atoms with E-state index in [4.69, 9.17) is 9.47 Å². The zero-order valence-electron chi connectivity index (χ0n) is 8.47. The number of esters is 1. The number of hydrogen-bond donors (Lipinski definition) is 0. The summed E-state index contributed by atoms with van der Waals surface area (Å²) in [5, 5.41) is 0. The summed E-state index contributed by atoms with van der Waals surface area (Å²) in [5.74, 6) is -0.565. The second-order valence-corrected chi connectivity index (χ2v) is 2.81. The van der Waals surface area contributed by atoms with Crippen LogP contribution in [0.2, 0.25) is 0 Å². The fourth-order valence-electron chi connectivity index (χ4n) is 1.04. The molecule has 0 aromatic heterocycles. The molecule has 0 radical (unpaired) electrons. The number of amides is 1. The van der Waals surface area contributed by atoms with Crippen molar-refractivity contribution in [3.63, 3.8) is 0 Å². The molecule has 0 N–H and O–H groups in total. The molecule has 0 aliphatic carbocycles. The molecular weight excluding hydrogens is 202 g/mol. The van der Waals surface area contributed by atoms with Crippen molar-refractivity contribution in [1.82, 2.24) is 4.90 Å². The van der Waals surface area contributed by atoms with E-state index in [1.165, 1.54) is 12.0 Å². The van der Waals surface area contributed by atoms with E-state index in [1.807, 2.05) is 0 Å². The molecule has 0 saturated carbocycles. The lowest BCUT2D eigenvalue weighted by Gasteiger charge is -2.25. The summed E-state index contributed by atoms with van der Waals surface area (Å²) in [6, 6.07) is 0. The van der Waals surface area contributed by atoms with Crippen molar-refractivity contribution < 1.29 is 23.8 Å². The van der Waals surface area contributed by atoms with Crippen molar-refractivity contribution >= 4 is 12.1 Å². The van der Waals surface area contributed by atoms with Gasteiger partial charge in [-0.05, 0) is 0 Å². The SMILES string of the molecule is COC(=O)C=COC(=O)N1CCOCC1. The van der Waals surface area contributed by atoms with Gasteiger partial charge < -0.3 is 19.1 Å². The molecule has 0 atom stereocenters. The number of morpholine rings is 1. The molecule has 1 rings (SSSR count). The van der Waals surface area contributed by atoms with Gasteiger partial charge in [0.05, 0.1) is 26.4 Å². The number of nitrogens with zero attached hydrogens (tertiary/aromatic N) is 1. The van der Waals surface area contributed by atoms with Gasteiger partial charge in [0.1, 0.15) is 6.26 Å². The van der Waals surface area contributed by atoms with E-state index in [2.05, 4.69) is 4.74 Å². The third kappa shape index (κ3) is 3.99. The first-order valence-electron chi connectivity index (χ1n) is 4.52. The molecule has 1 saturated heterocycles. The minimum absolute atomic E-state index is 0.488. The van der Waals surface area contributed by atoms with Gasteiger partial charge >= 0.3 is 12.1 Å². The average molecular weight is 215 g/mol. The van der Waals surface area contributed by atoms with Gasteiger partial charge in [0.25, 0.3) is 0 Å². The van der Waals surface area contributed by atoms with Crippen LogP contribution in [0.25, 0.3) is 0 Å². The monoisotopic (exact) mass is 215 g/mol. The normalized spacial score (nSPS) is 16.5. The average Bonchev–Trinajstić information content (AvgIpc) is 2.29. The van der Waals surface area contributed by atoms with E-state index >= 15 is 0 Å². The smallest absolute Gasteiger partial charge is 0.414 e. The quantitative estimate of drug-likeness (QED) is 0.372. The van der Waals surface area contributed by atoms with Crippen LogP contribution in [-0.4, -0.2) is 50.4 Å². The molecule has 1 heterocycles. The first-order valence-corrected chi connectivity index (χ1v) is 4.52. The fraction of sp³-hybridized carbons (Fsp3) is 0.556. The minimum atomic E-state index is -0.565. The van der Waals surface area contributed by atoms with Crippen molar-refractivity contribution in [2.24, 2.45) is 0 Å². The zero-order valence-corrected chi connectivity index (χ0v) is 8.47. The largest absolute Gasteiger partial charge is 0.466 e. The highest BCUT2D eigenvalue weighted by Gasteiger charge is 2.17. The third-order valence-electron chi connectivity index (χ3n) is 1.84. The van der Waals surface area contributed by atoms with Crippen LogP contribution in [0.3, 0.4) is 0 Å². The van der Waals surface area contributed by atoms with Crippen molar-refractivity contribution in [2.75, 3.05) is 33.4 Å². The molecule has 0 bridgehead atoms. The Kier molecular flexibility index (Phi) is 4.62. The Morgan fingerprint density at radius 1 is 1.33 bits per heavy atom. The second kappa shape index (κ2) is 6.02. The predicted octanol–water partition coefficient (Wildman–Crippen LogP) is 0.142. The van der Waals surface area contributed by atoms with Gasteiger partial charge in [0, 0.05) is 13.1 Å². The van der Waals surface area contributed by atoms with Gasteiger partial charge in [-0.1, -0.05) is 0 Å². The molecule has 1 aliphatic heterocycles. The number of carbonyl (C=O) groups excluding carboxylic acids is 2. The Morgan fingerprint density at radius 3 is 2.60 bits per heavy atom. The number of ether oxygens (including phenoxy) is 3. The second-order valence-electron chi connectivity index (χ2n) is 2.81. The van der Waals surface area contributed by atoms with Crippen molar-refractivity contribution in [1.29, 1.82) is 0 Å². The highest BCUT2D eigenvalue weighted by molar-refractivity contribution is 5.82. The summed E-state index contributed by atoms with van der Waals surface area (Å²) in [6.07, 6.45) is 1.57. The van der Waals surface area contributed by atoms with E-state index < -0.39 is 12.1 Å². The molecule has 6 nitrogen and oxygen atoms in total. The van der Waals surface area contributed by atoms with E-state index in [0.717, 1.165) is 12.3 Å². The van der Waals surface area contributed by atoms with Gasteiger partial charge in [-0.15, -0.1) is 0 Å². The van der Waals surface area contributed by atoms with Crippen molar-refractivity contribution in [3.05, 3.63) is 12.3 Å². The van der Waals surface area contributed by atoms with E-state index in [1.54, 1.807) is 0 Å². The van der Waals surface area contributed by atoms with E-state index in [0.29, 0.717) is 26.3 Å². The maximum Gasteiger partial charge on any atom is 0.414 e. The summed E-state index contributed by atoms with van der Waals surface area (Å²) >= 11 is 0. The lowest BCUT2D eigenvalue weighted by atomic mass is 10.5. The highest BCUT2D eigenvalue weighted by Crippen LogP contribution is 2.00. The van der Waals surface area contributed by atoms with E-state index in [9.17, 15) is 9.59 Å². The summed E-state index contributed by atoms with van der Waals surface area (Å²) in [7, 11) is 1.25. The minimum Gasteiger partial charge on any atom is -0.466 e. The highest BCUT2D eigenvalue weighted by atomic mass is 16.6. The molecule has 1 fully saturated rings. The fourth-order valence-corrected chi connectivity index (χ4v) is 1.04. The van der Waals surface area contributed by atoms with Gasteiger partial charge in [0.2, 0.25) is 0 Å². The van der Waals surface area contributed by atoms with Crippen LogP contribution in [-0.2, 0) is 19.0 Å². The maximum atomic E-state index is 11.3. The summed E-state index contributed by atoms with van der Waals surface area (Å²) in [5.41, 5.74) is 0. The van der Waals surface area contributed by atoms with Crippen LogP contribution >= 0.6 is 0 Å². The lowest BCUT2D eigenvalue weighted by Crippen LogP contribution is -2.40. The van der Waals surface area contributed by atoms with Gasteiger partial charge in [-0.3, -0.25) is 0 Å². The molecule has 0 aromatic rings. The maximum absolute atomic E-state index is 11.3. The van der Waals surface area contributed by atoms with Crippen LogP contribution < -0.4 is 0 Å². The molecule has 0 spiro atoms. The van der Waals surface area contributed by atoms with Crippen LogP contribution in [0.15, 0.2) is 12.3 Å². The Bertz CT molecular complexity index is 257. The van der Waals surface area contributed by atoms with Gasteiger partial charge in [-0.25, -0.2) is 9.59 Å². The standard InChI is InChI=1S/C9H13NO5/c1-13-8(11)2-5-15-9(12)10-3-6-14-7-4-10/h2,5H,3-4,6-7H2,1H3. The molecule has 0 aromatic carbocycles.